The van der Waals surface area contributed by atoms with E-state index in [0.717, 1.165) is 22.0 Å². The number of benzene rings is 2. The van der Waals surface area contributed by atoms with Crippen LogP contribution in [0.4, 0.5) is 4.39 Å². The molecule has 0 radical (unpaired) electrons. The molecule has 7 heteroatoms. The predicted molar refractivity (Wildman–Crippen MR) is 119 cm³/mol. The Hall–Kier alpha value is -2.41. The summed E-state index contributed by atoms with van der Waals surface area (Å²) < 4.78 is 19.9. The van der Waals surface area contributed by atoms with Crippen molar-refractivity contribution < 1.29 is 18.7 Å². The molecule has 162 valence electrons. The van der Waals surface area contributed by atoms with Crippen molar-refractivity contribution in [2.24, 2.45) is 0 Å². The van der Waals surface area contributed by atoms with Gasteiger partial charge in [0.25, 0.3) is 5.91 Å². The van der Waals surface area contributed by atoms with Crippen LogP contribution in [-0.4, -0.2) is 35.4 Å². The van der Waals surface area contributed by atoms with Gasteiger partial charge in [-0.05, 0) is 68.7 Å². The Morgan fingerprint density at radius 1 is 1.17 bits per heavy atom. The zero-order valence-electron chi connectivity index (χ0n) is 17.7. The number of nitrogens with zero attached hydrogens (tertiary/aromatic N) is 1. The Kier molecular flexibility index (Phi) is 8.84. The summed E-state index contributed by atoms with van der Waals surface area (Å²) >= 11 is 3.43. The zero-order chi connectivity index (χ0) is 22.3. The standard InChI is InChI=1S/C23H28BrFN2O3/c1-5-16(3)26-23(29)17(4)27(13-18-6-8-19(25)9-7-18)22(28)14-30-20-10-11-21(24)15(2)12-20/h6-12,16-17H,5,13-14H2,1-4H3,(H,26,29)/t16-,17-/m0/s1. The molecule has 0 unspecified atom stereocenters. The Morgan fingerprint density at radius 3 is 2.43 bits per heavy atom. The van der Waals surface area contributed by atoms with Crippen molar-refractivity contribution in [2.45, 2.75) is 52.7 Å². The van der Waals surface area contributed by atoms with Crippen LogP contribution in [0.15, 0.2) is 46.9 Å². The largest absolute Gasteiger partial charge is 0.484 e. The molecule has 2 aromatic rings. The lowest BCUT2D eigenvalue weighted by Crippen LogP contribution is -2.50. The van der Waals surface area contributed by atoms with E-state index in [4.69, 9.17) is 4.74 Å². The van der Waals surface area contributed by atoms with Crippen LogP contribution in [0.5, 0.6) is 5.75 Å². The molecule has 0 aliphatic carbocycles. The summed E-state index contributed by atoms with van der Waals surface area (Å²) in [6.07, 6.45) is 0.788. The van der Waals surface area contributed by atoms with Gasteiger partial charge in [0.2, 0.25) is 5.91 Å². The summed E-state index contributed by atoms with van der Waals surface area (Å²) in [5.41, 5.74) is 1.72. The first kappa shape index (κ1) is 23.9. The number of carbonyl (C=O) groups is 2. The second kappa shape index (κ2) is 11.1. The molecule has 2 amide bonds. The van der Waals surface area contributed by atoms with Gasteiger partial charge in [0.15, 0.2) is 6.61 Å². The van der Waals surface area contributed by atoms with Gasteiger partial charge in [0.05, 0.1) is 0 Å². The third-order valence-electron chi connectivity index (χ3n) is 4.93. The summed E-state index contributed by atoms with van der Waals surface area (Å²) in [6.45, 7) is 7.48. The first-order valence-electron chi connectivity index (χ1n) is 9.94. The smallest absolute Gasteiger partial charge is 0.261 e. The Morgan fingerprint density at radius 2 is 1.83 bits per heavy atom. The molecule has 0 aliphatic heterocycles. The van der Waals surface area contributed by atoms with E-state index < -0.39 is 6.04 Å². The molecule has 0 fully saturated rings. The fourth-order valence-electron chi connectivity index (χ4n) is 2.77. The highest BCUT2D eigenvalue weighted by Crippen LogP contribution is 2.22. The Balaban J connectivity index is 2.15. The number of hydrogen-bond donors (Lipinski definition) is 1. The molecular weight excluding hydrogens is 451 g/mol. The van der Waals surface area contributed by atoms with Gasteiger partial charge in [-0.1, -0.05) is 35.0 Å². The van der Waals surface area contributed by atoms with Crippen molar-refractivity contribution in [3.05, 3.63) is 63.9 Å². The minimum atomic E-state index is -0.702. The van der Waals surface area contributed by atoms with Crippen LogP contribution in [0.1, 0.15) is 38.3 Å². The van der Waals surface area contributed by atoms with E-state index in [1.54, 1.807) is 25.1 Å². The molecule has 0 bridgehead atoms. The van der Waals surface area contributed by atoms with Crippen molar-refractivity contribution in [1.29, 1.82) is 0 Å². The van der Waals surface area contributed by atoms with E-state index >= 15 is 0 Å². The molecule has 0 saturated carbocycles. The summed E-state index contributed by atoms with van der Waals surface area (Å²) in [5, 5.41) is 2.91. The molecule has 0 saturated heterocycles. The van der Waals surface area contributed by atoms with Gasteiger partial charge >= 0.3 is 0 Å². The summed E-state index contributed by atoms with van der Waals surface area (Å²) in [7, 11) is 0. The van der Waals surface area contributed by atoms with Crippen LogP contribution < -0.4 is 10.1 Å². The minimum absolute atomic E-state index is 0.00436. The first-order chi connectivity index (χ1) is 14.2. The highest BCUT2D eigenvalue weighted by molar-refractivity contribution is 9.10. The lowest BCUT2D eigenvalue weighted by atomic mass is 10.1. The maximum absolute atomic E-state index is 13.3. The van der Waals surface area contributed by atoms with E-state index in [-0.39, 0.29) is 36.8 Å². The second-order valence-corrected chi connectivity index (χ2v) is 8.20. The molecule has 5 nitrogen and oxygen atoms in total. The number of nitrogens with one attached hydrogen (secondary N) is 1. The molecule has 2 aromatic carbocycles. The summed E-state index contributed by atoms with van der Waals surface area (Å²) in [4.78, 5) is 27.1. The van der Waals surface area contributed by atoms with Crippen LogP contribution >= 0.6 is 15.9 Å². The monoisotopic (exact) mass is 478 g/mol. The van der Waals surface area contributed by atoms with Crippen molar-refractivity contribution in [3.63, 3.8) is 0 Å². The molecule has 0 heterocycles. The van der Waals surface area contributed by atoms with E-state index in [2.05, 4.69) is 21.2 Å². The van der Waals surface area contributed by atoms with Crippen LogP contribution in [-0.2, 0) is 16.1 Å². The lowest BCUT2D eigenvalue weighted by molar-refractivity contribution is -0.142. The fraction of sp³-hybridized carbons (Fsp3) is 0.391. The number of rotatable bonds is 9. The van der Waals surface area contributed by atoms with E-state index in [9.17, 15) is 14.0 Å². The summed E-state index contributed by atoms with van der Waals surface area (Å²) in [5.74, 6) is -0.346. The van der Waals surface area contributed by atoms with Gasteiger partial charge in [0.1, 0.15) is 17.6 Å². The summed E-state index contributed by atoms with van der Waals surface area (Å²) in [6, 6.07) is 10.6. The topological polar surface area (TPSA) is 58.6 Å². The van der Waals surface area contributed by atoms with Gasteiger partial charge in [-0.2, -0.15) is 0 Å². The van der Waals surface area contributed by atoms with Crippen molar-refractivity contribution >= 4 is 27.7 Å². The Bertz CT molecular complexity index is 873. The third kappa shape index (κ3) is 6.83. The molecule has 0 aromatic heterocycles. The van der Waals surface area contributed by atoms with Gasteiger partial charge in [-0.15, -0.1) is 0 Å². The second-order valence-electron chi connectivity index (χ2n) is 7.34. The number of halogens is 2. The highest BCUT2D eigenvalue weighted by Gasteiger charge is 2.27. The van der Waals surface area contributed by atoms with Crippen molar-refractivity contribution in [1.82, 2.24) is 10.2 Å². The number of carbonyl (C=O) groups excluding carboxylic acids is 2. The van der Waals surface area contributed by atoms with E-state index in [1.807, 2.05) is 32.9 Å². The van der Waals surface area contributed by atoms with Gasteiger partial charge in [-0.25, -0.2) is 4.39 Å². The first-order valence-corrected chi connectivity index (χ1v) is 10.7. The Labute approximate surface area is 185 Å². The predicted octanol–water partition coefficient (Wildman–Crippen LogP) is 4.61. The maximum Gasteiger partial charge on any atom is 0.261 e. The molecule has 2 atom stereocenters. The molecule has 2 rings (SSSR count). The van der Waals surface area contributed by atoms with E-state index in [1.165, 1.54) is 17.0 Å². The van der Waals surface area contributed by atoms with Crippen molar-refractivity contribution in [2.75, 3.05) is 6.61 Å². The average molecular weight is 479 g/mol. The normalized spacial score (nSPS) is 12.7. The fourth-order valence-corrected chi connectivity index (χ4v) is 3.02. The minimum Gasteiger partial charge on any atom is -0.484 e. The van der Waals surface area contributed by atoms with E-state index in [0.29, 0.717) is 5.75 Å². The van der Waals surface area contributed by atoms with Crippen LogP contribution in [0.3, 0.4) is 0 Å². The quantitative estimate of drug-likeness (QED) is 0.572. The average Bonchev–Trinajstić information content (AvgIpc) is 2.73. The number of aryl methyl sites for hydroxylation is 1. The van der Waals surface area contributed by atoms with Gasteiger partial charge in [-0.3, -0.25) is 9.59 Å². The molecule has 1 N–H and O–H groups in total. The zero-order valence-corrected chi connectivity index (χ0v) is 19.3. The van der Waals surface area contributed by atoms with Crippen LogP contribution in [0, 0.1) is 12.7 Å². The number of amides is 2. The van der Waals surface area contributed by atoms with Crippen LogP contribution in [0.2, 0.25) is 0 Å². The van der Waals surface area contributed by atoms with Gasteiger partial charge in [0, 0.05) is 17.1 Å². The lowest BCUT2D eigenvalue weighted by Gasteiger charge is -2.29. The van der Waals surface area contributed by atoms with Gasteiger partial charge < -0.3 is 15.0 Å². The highest BCUT2D eigenvalue weighted by atomic mass is 79.9. The number of ether oxygens (including phenoxy) is 1. The molecule has 30 heavy (non-hydrogen) atoms. The van der Waals surface area contributed by atoms with Crippen LogP contribution in [0.25, 0.3) is 0 Å². The molecule has 0 spiro atoms. The number of hydrogen-bond acceptors (Lipinski definition) is 3. The molecule has 0 aliphatic rings. The SMILES string of the molecule is CC[C@H](C)NC(=O)[C@H](C)N(Cc1ccc(F)cc1)C(=O)COc1ccc(Br)c(C)c1. The molecular formula is C23H28BrFN2O3. The third-order valence-corrected chi connectivity index (χ3v) is 5.82. The maximum atomic E-state index is 13.3. The van der Waals surface area contributed by atoms with Crippen molar-refractivity contribution in [3.8, 4) is 5.75 Å².